The van der Waals surface area contributed by atoms with E-state index < -0.39 is 71.1 Å². The van der Waals surface area contributed by atoms with E-state index in [0.29, 0.717) is 24.0 Å². The Balaban J connectivity index is 1.22. The Bertz CT molecular complexity index is 1780. The summed E-state index contributed by atoms with van der Waals surface area (Å²) < 4.78 is 26.4. The first kappa shape index (κ1) is 44.4. The van der Waals surface area contributed by atoms with Crippen LogP contribution in [0.4, 0.5) is 0 Å². The van der Waals surface area contributed by atoms with Crippen LogP contribution in [0, 0.1) is 8.99 Å². The second-order valence-electron chi connectivity index (χ2n) is 17.2. The van der Waals surface area contributed by atoms with Crippen LogP contribution in [0.2, 0.25) is 0 Å². The second kappa shape index (κ2) is 19.1. The van der Waals surface area contributed by atoms with Crippen LogP contribution in [-0.4, -0.2) is 88.4 Å². The topological polar surface area (TPSA) is 162 Å². The molecule has 2 aromatic carbocycles. The summed E-state index contributed by atoms with van der Waals surface area (Å²) in [5.74, 6) is -2.59. The predicted octanol–water partition coefficient (Wildman–Crippen LogP) is 6.26. The fourth-order valence-electron chi connectivity index (χ4n) is 8.82. The highest BCUT2D eigenvalue weighted by molar-refractivity contribution is 14.1. The summed E-state index contributed by atoms with van der Waals surface area (Å²) in [5.41, 5.74) is -0.0422. The summed E-state index contributed by atoms with van der Waals surface area (Å²) in [4.78, 5) is 61.4. The van der Waals surface area contributed by atoms with Crippen molar-refractivity contribution < 1.29 is 48.1 Å². The first-order valence-electron chi connectivity index (χ1n) is 21.0. The summed E-state index contributed by atoms with van der Waals surface area (Å²) in [5, 5.41) is 17.5. The minimum atomic E-state index is -1.34. The van der Waals surface area contributed by atoms with E-state index in [9.17, 15) is 24.3 Å². The first-order valence-corrected chi connectivity index (χ1v) is 22.0. The van der Waals surface area contributed by atoms with Gasteiger partial charge < -0.3 is 34.7 Å². The molecular weight excluding hydrogens is 857 g/mol. The third kappa shape index (κ3) is 9.89. The molecule has 13 nitrogen and oxygen atoms in total. The van der Waals surface area contributed by atoms with Crippen molar-refractivity contribution in [3.63, 3.8) is 0 Å². The number of fused-ring (bicyclic) bond motifs is 4. The molecule has 4 aliphatic rings. The number of hydrogen-bond donors (Lipinski definition) is 3. The normalized spacial score (nSPS) is 26.4. The van der Waals surface area contributed by atoms with Gasteiger partial charge in [0.25, 0.3) is 5.91 Å². The lowest BCUT2D eigenvalue weighted by Crippen LogP contribution is -2.69. The van der Waals surface area contributed by atoms with E-state index in [2.05, 4.69) is 47.1 Å². The molecule has 0 radical (unpaired) electrons. The number of hydroxylamine groups is 2. The summed E-state index contributed by atoms with van der Waals surface area (Å²) in [7, 11) is 0. The molecule has 1 saturated carbocycles. The maximum Gasteiger partial charge on any atom is 0.327 e. The van der Waals surface area contributed by atoms with Crippen LogP contribution in [0.5, 0.6) is 0 Å². The number of benzene rings is 2. The van der Waals surface area contributed by atoms with E-state index >= 15 is 0 Å². The number of nitrogens with zero attached hydrogens (tertiary/aromatic N) is 1. The minimum Gasteiger partial charge on any atom is -0.460 e. The van der Waals surface area contributed by atoms with Gasteiger partial charge in [0.1, 0.15) is 35.4 Å². The van der Waals surface area contributed by atoms with Crippen LogP contribution in [0.1, 0.15) is 127 Å². The molecule has 318 valence electrons. The predicted molar refractivity (Wildman–Crippen MR) is 223 cm³/mol. The Hall–Kier alpha value is -3.15. The minimum absolute atomic E-state index is 0.0379. The molecular formula is C44H60IN3O10. The Morgan fingerprint density at radius 2 is 1.71 bits per heavy atom. The van der Waals surface area contributed by atoms with Crippen LogP contribution in [0.3, 0.4) is 0 Å². The molecule has 7 unspecified atom stereocenters. The van der Waals surface area contributed by atoms with Gasteiger partial charge in [-0.05, 0) is 92.0 Å². The molecule has 4 fully saturated rings. The van der Waals surface area contributed by atoms with E-state index in [1.54, 1.807) is 50.1 Å². The average Bonchev–Trinajstić information content (AvgIpc) is 3.74. The fourth-order valence-corrected chi connectivity index (χ4v) is 9.38. The SMILES string of the molecule is CCCCCC1(CCCCC)OC2C3CC4(C(=O)NCc5cccc(C(=O)NC(CO)CCC(=O)OC(C)(C)C)c5)C(ON(Cc5ccccc5I)C4C(=O)O3)C2O1. The van der Waals surface area contributed by atoms with Crippen molar-refractivity contribution in [2.45, 2.75) is 166 Å². The molecule has 58 heavy (non-hydrogen) atoms. The summed E-state index contributed by atoms with van der Waals surface area (Å²) >= 11 is 2.26. The van der Waals surface area contributed by atoms with Crippen molar-refractivity contribution in [1.29, 1.82) is 0 Å². The zero-order valence-electron chi connectivity index (χ0n) is 34.4. The van der Waals surface area contributed by atoms with Gasteiger partial charge in [0.2, 0.25) is 5.91 Å². The molecule has 3 saturated heterocycles. The van der Waals surface area contributed by atoms with Gasteiger partial charge in [-0.1, -0.05) is 69.9 Å². The Morgan fingerprint density at radius 3 is 2.38 bits per heavy atom. The molecule has 2 bridgehead atoms. The first-order chi connectivity index (χ1) is 27.7. The third-order valence-electron chi connectivity index (χ3n) is 11.6. The molecule has 3 N–H and O–H groups in total. The van der Waals surface area contributed by atoms with Gasteiger partial charge in [-0.2, -0.15) is 5.06 Å². The summed E-state index contributed by atoms with van der Waals surface area (Å²) in [6.45, 7) is 9.64. The van der Waals surface area contributed by atoms with Crippen molar-refractivity contribution in [2.24, 2.45) is 5.41 Å². The average molecular weight is 918 g/mol. The maximum absolute atomic E-state index is 14.9. The van der Waals surface area contributed by atoms with Crippen molar-refractivity contribution in [3.8, 4) is 0 Å². The zero-order chi connectivity index (χ0) is 41.7. The highest BCUT2D eigenvalue weighted by Crippen LogP contribution is 2.58. The van der Waals surface area contributed by atoms with Crippen molar-refractivity contribution in [1.82, 2.24) is 15.7 Å². The number of nitrogens with one attached hydrogen (secondary N) is 2. The maximum atomic E-state index is 14.9. The van der Waals surface area contributed by atoms with Gasteiger partial charge in [-0.3, -0.25) is 24.0 Å². The van der Waals surface area contributed by atoms with Crippen molar-refractivity contribution in [3.05, 3.63) is 68.8 Å². The summed E-state index contributed by atoms with van der Waals surface area (Å²) in [6.07, 6.45) is 5.13. The molecule has 2 aromatic rings. The monoisotopic (exact) mass is 917 g/mol. The van der Waals surface area contributed by atoms with Gasteiger partial charge >= 0.3 is 11.9 Å². The van der Waals surface area contributed by atoms with E-state index in [4.69, 9.17) is 23.8 Å². The number of rotatable bonds is 19. The number of esters is 2. The van der Waals surface area contributed by atoms with Gasteiger partial charge in [-0.15, -0.1) is 0 Å². The molecule has 2 amide bonds. The Kier molecular flexibility index (Phi) is 14.6. The molecule has 3 heterocycles. The summed E-state index contributed by atoms with van der Waals surface area (Å²) in [6, 6.07) is 13.0. The van der Waals surface area contributed by atoms with Crippen molar-refractivity contribution >= 4 is 46.3 Å². The van der Waals surface area contributed by atoms with Gasteiger partial charge in [-0.25, -0.2) is 0 Å². The number of aliphatic hydroxyl groups is 1. The number of halogens is 1. The van der Waals surface area contributed by atoms with E-state index in [1.165, 1.54) is 0 Å². The van der Waals surface area contributed by atoms with E-state index in [1.807, 2.05) is 24.3 Å². The number of aliphatic hydroxyl groups excluding tert-OH is 1. The van der Waals surface area contributed by atoms with E-state index in [-0.39, 0.29) is 44.9 Å². The molecule has 14 heteroatoms. The molecule has 0 spiro atoms. The largest absolute Gasteiger partial charge is 0.460 e. The lowest BCUT2D eigenvalue weighted by Gasteiger charge is -2.48. The number of ether oxygens (including phenoxy) is 4. The van der Waals surface area contributed by atoms with Crippen molar-refractivity contribution in [2.75, 3.05) is 6.61 Å². The number of carbonyl (C=O) groups excluding carboxylic acids is 4. The number of amides is 2. The quantitative estimate of drug-likeness (QED) is 0.0829. The van der Waals surface area contributed by atoms with Crippen LogP contribution in [0.15, 0.2) is 48.5 Å². The number of unbranched alkanes of at least 4 members (excludes halogenated alkanes) is 4. The van der Waals surface area contributed by atoms with Crippen LogP contribution >= 0.6 is 22.6 Å². The Morgan fingerprint density at radius 1 is 1.00 bits per heavy atom. The molecule has 0 aromatic heterocycles. The van der Waals surface area contributed by atoms with Gasteiger partial charge in [0, 0.05) is 41.4 Å². The van der Waals surface area contributed by atoms with Crippen LogP contribution < -0.4 is 10.6 Å². The number of hydrogen-bond acceptors (Lipinski definition) is 11. The molecule has 7 atom stereocenters. The highest BCUT2D eigenvalue weighted by atomic mass is 127. The molecule has 6 rings (SSSR count). The molecule has 3 aliphatic heterocycles. The number of carbonyl (C=O) groups is 4. The van der Waals surface area contributed by atoms with E-state index in [0.717, 1.165) is 47.7 Å². The molecule has 1 aliphatic carbocycles. The smallest absolute Gasteiger partial charge is 0.327 e. The second-order valence-corrected chi connectivity index (χ2v) is 18.3. The fraction of sp³-hybridized carbons (Fsp3) is 0.636. The highest BCUT2D eigenvalue weighted by Gasteiger charge is 2.76. The lowest BCUT2D eigenvalue weighted by molar-refractivity contribution is -0.224. The van der Waals surface area contributed by atoms with Crippen LogP contribution in [0.25, 0.3) is 0 Å². The Labute approximate surface area is 355 Å². The third-order valence-corrected chi connectivity index (χ3v) is 12.6. The van der Waals surface area contributed by atoms with Crippen LogP contribution in [-0.2, 0) is 51.3 Å². The van der Waals surface area contributed by atoms with Gasteiger partial charge in [0.05, 0.1) is 19.2 Å². The zero-order valence-corrected chi connectivity index (χ0v) is 36.6. The standard InChI is InChI=1S/C44H60IN3O10/c1-6-8-12-21-43(22-13-9-7-2)56-35-33-24-44(37(40(52)54-33)48(58-38(44)36(35)57-43)26-30-16-10-11-18-32(30)45)41(53)46-25-28-15-14-17-29(23-28)39(51)47-31(27-49)19-20-34(50)55-42(3,4)5/h10-11,14-18,23,31,33,35-38,49H,6-9,12-13,19-22,24-27H2,1-5H3,(H,46,53)(H,47,51). The van der Waals surface area contributed by atoms with Gasteiger partial charge in [0.15, 0.2) is 11.8 Å². The lowest BCUT2D eigenvalue weighted by atomic mass is 9.62.